The van der Waals surface area contributed by atoms with Crippen LogP contribution in [0.1, 0.15) is 6.92 Å². The summed E-state index contributed by atoms with van der Waals surface area (Å²) in [4.78, 5) is 22.5. The number of aromatic nitrogens is 3. The van der Waals surface area contributed by atoms with Crippen molar-refractivity contribution < 1.29 is 70.9 Å². The Morgan fingerprint density at radius 1 is 0.780 bits per heavy atom. The van der Waals surface area contributed by atoms with Crippen LogP contribution in [0.4, 0.5) is 40.3 Å². The van der Waals surface area contributed by atoms with Crippen LogP contribution < -0.4 is 16.0 Å². The highest BCUT2D eigenvalue weighted by molar-refractivity contribution is 7.94. The number of nitrogens with one attached hydrogen (secondary N) is 3. The summed E-state index contributed by atoms with van der Waals surface area (Å²) < 4.78 is 133. The molecule has 0 saturated heterocycles. The van der Waals surface area contributed by atoms with E-state index in [9.17, 15) is 47.6 Å². The van der Waals surface area contributed by atoms with Gasteiger partial charge in [-0.3, -0.25) is 18.5 Å². The molecular formula is C29H25ClN8O16S5. The largest absolute Gasteiger partial charge is 0.397 e. The van der Waals surface area contributed by atoms with Gasteiger partial charge in [0.2, 0.25) is 23.1 Å². The molecule has 0 bridgehead atoms. The Hall–Kier alpha value is -5.02. The molecule has 0 saturated carbocycles. The van der Waals surface area contributed by atoms with E-state index in [1.54, 1.807) is 0 Å². The summed E-state index contributed by atoms with van der Waals surface area (Å²) >= 11 is 6.41. The van der Waals surface area contributed by atoms with Crippen LogP contribution in [0.25, 0.3) is 10.8 Å². The van der Waals surface area contributed by atoms with Crippen molar-refractivity contribution >= 4 is 121 Å². The van der Waals surface area contributed by atoms with Crippen molar-refractivity contribution in [1.29, 1.82) is 0 Å². The number of hydrogen-bond acceptors (Lipinski definition) is 21. The minimum absolute atomic E-state index is 0.00932. The fraction of sp³-hybridized carbons (Fsp3) is 0.103. The van der Waals surface area contributed by atoms with Crippen LogP contribution in [-0.2, 0) is 58.8 Å². The van der Waals surface area contributed by atoms with E-state index in [1.165, 1.54) is 55.5 Å². The number of sulfone groups is 1. The van der Waals surface area contributed by atoms with E-state index in [4.69, 9.17) is 21.4 Å². The zero-order valence-electron chi connectivity index (χ0n) is 29.1. The third kappa shape index (κ3) is 12.5. The quantitative estimate of drug-likeness (QED) is 0.0211. The van der Waals surface area contributed by atoms with Crippen LogP contribution >= 0.6 is 23.6 Å². The number of carbonyl (C=O) groups excluding carboxylic acids is 1. The van der Waals surface area contributed by atoms with E-state index < -0.39 is 74.2 Å². The number of anilines is 5. The first-order valence-corrected chi connectivity index (χ1v) is 22.5. The van der Waals surface area contributed by atoms with Gasteiger partial charge in [-0.15, -0.1) is 14.6 Å². The molecule has 5 aromatic rings. The number of nitrogens with zero attached hydrogens (tertiary/aromatic N) is 5. The predicted molar refractivity (Wildman–Crippen MR) is 207 cm³/mol. The lowest BCUT2D eigenvalue weighted by molar-refractivity contribution is -0.432. The molecule has 314 valence electrons. The molecule has 1 amide bonds. The van der Waals surface area contributed by atoms with E-state index >= 15 is 0 Å². The first kappa shape index (κ1) is 45.1. The van der Waals surface area contributed by atoms with Crippen molar-refractivity contribution in [3.63, 3.8) is 0 Å². The van der Waals surface area contributed by atoms with Gasteiger partial charge in [0, 0.05) is 28.6 Å². The van der Waals surface area contributed by atoms with Gasteiger partial charge in [0.15, 0.2) is 9.84 Å². The van der Waals surface area contributed by atoms with Crippen LogP contribution in [0.3, 0.4) is 0 Å². The number of fused-ring (bicyclic) bond motifs is 1. The van der Waals surface area contributed by atoms with E-state index in [1.807, 2.05) is 0 Å². The lowest BCUT2D eigenvalue weighted by atomic mass is 10.1. The van der Waals surface area contributed by atoms with Crippen molar-refractivity contribution in [2.75, 3.05) is 28.3 Å². The summed E-state index contributed by atoms with van der Waals surface area (Å²) in [6.07, 6.45) is 0. The van der Waals surface area contributed by atoms with Crippen molar-refractivity contribution in [2.45, 2.75) is 26.5 Å². The lowest BCUT2D eigenvalue weighted by Crippen LogP contribution is -2.15. The molecule has 0 radical (unpaired) electrons. The minimum atomic E-state index is -5.06. The minimum Gasteiger partial charge on any atom is -0.324 e. The van der Waals surface area contributed by atoms with Crippen LogP contribution in [0.5, 0.6) is 0 Å². The molecule has 0 atom stereocenters. The number of amides is 1. The average molecular weight is 937 g/mol. The first-order valence-electron chi connectivity index (χ1n) is 15.5. The second-order valence-electron chi connectivity index (χ2n) is 11.3. The standard InChI is InChI=1S/C29H25ClN8O16S5/c1-15(39)31-23-12-18(33-29-35-27(30)34-28(36-29)32-17-2-5-20(6-3-17)56(41,42)9-8-52-59(49,50)51)4-7-22(23)37-38-24-14-21-16(11-26(24)58(46,47)48)10-19(55-54-53-40)13-25(21)57(43,44)45/h2-7,10-14,40H,8-9H2,1H3,(H,31,39)(H,43,44,45)(H,46,47,48)(H,49,50,51)(H2,32,33,34,35,36). The lowest BCUT2D eigenvalue weighted by Gasteiger charge is -2.12. The van der Waals surface area contributed by atoms with Crippen LogP contribution in [-0.4, -0.2) is 85.8 Å². The SMILES string of the molecule is CC(=O)Nc1cc(Nc2nc(Cl)nc(Nc3ccc(S(=O)(=O)CCOS(=O)(=O)O)cc3)n2)ccc1N=Nc1cc2c(S(=O)(=O)O)cc(SOOO)cc2cc1S(=O)(=O)O. The van der Waals surface area contributed by atoms with Gasteiger partial charge < -0.3 is 16.0 Å². The Morgan fingerprint density at radius 2 is 1.39 bits per heavy atom. The number of hydrogen-bond donors (Lipinski definition) is 7. The molecule has 24 nitrogen and oxygen atoms in total. The molecule has 30 heteroatoms. The summed E-state index contributed by atoms with van der Waals surface area (Å²) in [6, 6.07) is 13.0. The van der Waals surface area contributed by atoms with Crippen molar-refractivity contribution in [3.8, 4) is 0 Å². The summed E-state index contributed by atoms with van der Waals surface area (Å²) in [7, 11) is -18.9. The number of azo groups is 1. The van der Waals surface area contributed by atoms with Gasteiger partial charge in [-0.05, 0) is 83.7 Å². The molecule has 59 heavy (non-hydrogen) atoms. The maximum Gasteiger partial charge on any atom is 0.397 e. The molecule has 0 aliphatic carbocycles. The van der Waals surface area contributed by atoms with Gasteiger partial charge in [-0.1, -0.05) is 5.04 Å². The third-order valence-corrected chi connectivity index (χ3v) is 11.8. The zero-order valence-corrected chi connectivity index (χ0v) is 33.9. The summed E-state index contributed by atoms with van der Waals surface area (Å²) in [5.41, 5.74) is -0.164. The normalized spacial score (nSPS) is 12.5. The van der Waals surface area contributed by atoms with E-state index in [0.717, 1.165) is 18.2 Å². The number of halogens is 1. The smallest absolute Gasteiger partial charge is 0.324 e. The highest BCUT2D eigenvalue weighted by Crippen LogP contribution is 2.38. The number of carbonyl (C=O) groups is 1. The molecule has 0 unspecified atom stereocenters. The number of benzene rings is 4. The topological polar surface area (TPSA) is 362 Å². The van der Waals surface area contributed by atoms with E-state index in [2.05, 4.69) is 54.7 Å². The average Bonchev–Trinajstić information content (AvgIpc) is 3.11. The summed E-state index contributed by atoms with van der Waals surface area (Å²) in [5.74, 6) is -1.56. The number of rotatable bonds is 17. The molecule has 5 rings (SSSR count). The molecule has 1 aromatic heterocycles. The zero-order chi connectivity index (χ0) is 43.3. The maximum absolute atomic E-state index is 12.5. The van der Waals surface area contributed by atoms with Gasteiger partial charge in [0.1, 0.15) is 21.2 Å². The van der Waals surface area contributed by atoms with Crippen LogP contribution in [0, 0.1) is 0 Å². The second-order valence-corrected chi connectivity index (χ2v) is 18.4. The highest BCUT2D eigenvalue weighted by Gasteiger charge is 2.23. The van der Waals surface area contributed by atoms with Gasteiger partial charge in [0.25, 0.3) is 20.2 Å². The van der Waals surface area contributed by atoms with Gasteiger partial charge in [0.05, 0.1) is 35.0 Å². The predicted octanol–water partition coefficient (Wildman–Crippen LogP) is 5.05. The Bertz CT molecular complexity index is 2920. The molecule has 0 fully saturated rings. The maximum atomic E-state index is 12.5. The van der Waals surface area contributed by atoms with Crippen molar-refractivity contribution in [3.05, 3.63) is 72.0 Å². The molecule has 4 aromatic carbocycles. The molecule has 1 heterocycles. The Kier molecular flexibility index (Phi) is 13.8. The monoisotopic (exact) mass is 936 g/mol. The molecule has 7 N–H and O–H groups in total. The molecule has 0 aliphatic heterocycles. The highest BCUT2D eigenvalue weighted by atomic mass is 35.5. The molecule has 0 spiro atoms. The van der Waals surface area contributed by atoms with Gasteiger partial charge in [-0.2, -0.15) is 40.2 Å². The summed E-state index contributed by atoms with van der Waals surface area (Å²) in [6.45, 7) is 0.361. The molecular weight excluding hydrogens is 912 g/mol. The molecule has 0 aliphatic rings. The van der Waals surface area contributed by atoms with Crippen LogP contribution in [0.15, 0.2) is 96.5 Å². The van der Waals surface area contributed by atoms with Crippen LogP contribution in [0.2, 0.25) is 5.28 Å². The van der Waals surface area contributed by atoms with Crippen molar-refractivity contribution in [2.24, 2.45) is 10.2 Å². The van der Waals surface area contributed by atoms with E-state index in [0.29, 0.717) is 17.7 Å². The van der Waals surface area contributed by atoms with Crippen molar-refractivity contribution in [1.82, 2.24) is 15.0 Å². The third-order valence-electron chi connectivity index (χ3n) is 7.18. The van der Waals surface area contributed by atoms with Gasteiger partial charge >= 0.3 is 10.4 Å². The first-order chi connectivity index (χ1) is 27.5. The Balaban J connectivity index is 1.42. The summed E-state index contributed by atoms with van der Waals surface area (Å²) in [5, 5.41) is 27.3. The second kappa shape index (κ2) is 18.1. The Labute approximate surface area is 342 Å². The fourth-order valence-electron chi connectivity index (χ4n) is 4.85. The van der Waals surface area contributed by atoms with E-state index in [-0.39, 0.29) is 54.8 Å². The Morgan fingerprint density at radius 3 is 1.98 bits per heavy atom. The van der Waals surface area contributed by atoms with Gasteiger partial charge in [-0.25, -0.2) is 17.9 Å². The fourth-order valence-corrected chi connectivity index (χ4v) is 8.39.